The fourth-order valence-electron chi connectivity index (χ4n) is 2.09. The third-order valence-corrected chi connectivity index (χ3v) is 3.26. The maximum Gasteiger partial charge on any atom is 0.181 e. The van der Waals surface area contributed by atoms with Gasteiger partial charge in [-0.2, -0.15) is 5.10 Å². The van der Waals surface area contributed by atoms with E-state index in [1.54, 1.807) is 12.1 Å². The van der Waals surface area contributed by atoms with Gasteiger partial charge in [-0.05, 0) is 23.3 Å². The van der Waals surface area contributed by atoms with Crippen LogP contribution in [-0.4, -0.2) is 15.2 Å². The Hall–Kier alpha value is -2.53. The molecule has 0 atom stereocenters. The van der Waals surface area contributed by atoms with E-state index in [0.717, 1.165) is 22.5 Å². The van der Waals surface area contributed by atoms with Gasteiger partial charge in [0, 0.05) is 18.5 Å². The Morgan fingerprint density at radius 3 is 2.29 bits per heavy atom. The average Bonchev–Trinajstić information content (AvgIpc) is 2.98. The Kier molecular flexibility index (Phi) is 3.75. The van der Waals surface area contributed by atoms with E-state index in [2.05, 4.69) is 15.2 Å². The highest BCUT2D eigenvalue weighted by Crippen LogP contribution is 2.16. The van der Waals surface area contributed by atoms with E-state index in [4.69, 9.17) is 5.73 Å². The van der Waals surface area contributed by atoms with Gasteiger partial charge >= 0.3 is 0 Å². The van der Waals surface area contributed by atoms with Crippen molar-refractivity contribution in [3.8, 4) is 11.4 Å². The number of halogens is 1. The molecule has 0 aliphatic rings. The van der Waals surface area contributed by atoms with Crippen LogP contribution in [0, 0.1) is 5.82 Å². The van der Waals surface area contributed by atoms with Crippen LogP contribution >= 0.6 is 0 Å². The largest absolute Gasteiger partial charge is 0.326 e. The fraction of sp³-hybridized carbons (Fsp3) is 0.125. The second-order valence-electron chi connectivity index (χ2n) is 4.81. The van der Waals surface area contributed by atoms with E-state index in [-0.39, 0.29) is 5.82 Å². The van der Waals surface area contributed by atoms with E-state index in [1.807, 2.05) is 24.3 Å². The molecule has 1 heterocycles. The third-order valence-electron chi connectivity index (χ3n) is 3.26. The normalized spacial score (nSPS) is 10.8. The van der Waals surface area contributed by atoms with E-state index in [0.29, 0.717) is 18.8 Å². The minimum atomic E-state index is -0.239. The van der Waals surface area contributed by atoms with Gasteiger partial charge in [-0.3, -0.25) is 5.10 Å². The summed E-state index contributed by atoms with van der Waals surface area (Å²) in [6.45, 7) is 0.518. The summed E-state index contributed by atoms with van der Waals surface area (Å²) in [7, 11) is 0. The van der Waals surface area contributed by atoms with Gasteiger partial charge in [0.1, 0.15) is 11.6 Å². The van der Waals surface area contributed by atoms with Gasteiger partial charge in [0.25, 0.3) is 0 Å². The molecular weight excluding hydrogens is 267 g/mol. The zero-order chi connectivity index (χ0) is 14.7. The van der Waals surface area contributed by atoms with Crippen molar-refractivity contribution in [2.75, 3.05) is 0 Å². The molecule has 2 aromatic carbocycles. The fourth-order valence-corrected chi connectivity index (χ4v) is 2.09. The number of benzene rings is 2. The summed E-state index contributed by atoms with van der Waals surface area (Å²) in [5, 5.41) is 7.13. The van der Waals surface area contributed by atoms with Gasteiger partial charge in [0.05, 0.1) is 0 Å². The minimum absolute atomic E-state index is 0.239. The highest BCUT2D eigenvalue weighted by molar-refractivity contribution is 5.55. The van der Waals surface area contributed by atoms with Crippen LogP contribution in [0.15, 0.2) is 48.5 Å². The summed E-state index contributed by atoms with van der Waals surface area (Å²) in [5.41, 5.74) is 8.57. The van der Waals surface area contributed by atoms with Gasteiger partial charge < -0.3 is 5.73 Å². The first-order chi connectivity index (χ1) is 10.2. The lowest BCUT2D eigenvalue weighted by Gasteiger charge is -1.98. The van der Waals surface area contributed by atoms with Crippen molar-refractivity contribution in [3.05, 3.63) is 71.3 Å². The molecule has 21 heavy (non-hydrogen) atoms. The molecule has 0 spiro atoms. The monoisotopic (exact) mass is 282 g/mol. The minimum Gasteiger partial charge on any atom is -0.326 e. The number of hydrogen-bond acceptors (Lipinski definition) is 3. The Balaban J connectivity index is 1.77. The van der Waals surface area contributed by atoms with Crippen LogP contribution < -0.4 is 5.73 Å². The van der Waals surface area contributed by atoms with Crippen molar-refractivity contribution < 1.29 is 4.39 Å². The highest BCUT2D eigenvalue weighted by Gasteiger charge is 2.06. The summed E-state index contributed by atoms with van der Waals surface area (Å²) < 4.78 is 12.9. The quantitative estimate of drug-likeness (QED) is 0.773. The van der Waals surface area contributed by atoms with Crippen molar-refractivity contribution >= 4 is 0 Å². The van der Waals surface area contributed by atoms with Crippen molar-refractivity contribution in [1.82, 2.24) is 15.2 Å². The Bertz CT molecular complexity index is 717. The zero-order valence-corrected chi connectivity index (χ0v) is 11.4. The van der Waals surface area contributed by atoms with Crippen LogP contribution in [-0.2, 0) is 13.0 Å². The molecule has 0 radical (unpaired) electrons. The number of aromatic nitrogens is 3. The summed E-state index contributed by atoms with van der Waals surface area (Å²) in [5.74, 6) is 1.16. The molecule has 3 N–H and O–H groups in total. The Morgan fingerprint density at radius 2 is 1.62 bits per heavy atom. The smallest absolute Gasteiger partial charge is 0.181 e. The number of rotatable bonds is 4. The third kappa shape index (κ3) is 3.14. The van der Waals surface area contributed by atoms with Crippen molar-refractivity contribution in [1.29, 1.82) is 0 Å². The predicted octanol–water partition coefficient (Wildman–Crippen LogP) is 2.66. The van der Waals surface area contributed by atoms with Gasteiger partial charge in [0.15, 0.2) is 5.82 Å². The zero-order valence-electron chi connectivity index (χ0n) is 11.4. The summed E-state index contributed by atoms with van der Waals surface area (Å²) in [4.78, 5) is 4.46. The van der Waals surface area contributed by atoms with E-state index in [9.17, 15) is 4.39 Å². The van der Waals surface area contributed by atoms with Crippen LogP contribution in [0.25, 0.3) is 11.4 Å². The number of H-pyrrole nitrogens is 1. The molecule has 0 aliphatic carbocycles. The van der Waals surface area contributed by atoms with Gasteiger partial charge in [-0.15, -0.1) is 0 Å². The molecule has 3 rings (SSSR count). The SMILES string of the molecule is NCc1ccc(-c2n[nH]c(Cc3ccc(F)cc3)n2)cc1. The van der Waals surface area contributed by atoms with Crippen molar-refractivity contribution in [2.45, 2.75) is 13.0 Å². The molecule has 0 aliphatic heterocycles. The Labute approximate surface area is 121 Å². The van der Waals surface area contributed by atoms with Crippen LogP contribution in [0.1, 0.15) is 17.0 Å². The number of hydrogen-bond donors (Lipinski definition) is 2. The maximum absolute atomic E-state index is 12.9. The molecule has 106 valence electrons. The maximum atomic E-state index is 12.9. The lowest BCUT2D eigenvalue weighted by atomic mass is 10.1. The molecule has 0 saturated carbocycles. The molecule has 3 aromatic rings. The first kappa shape index (κ1) is 13.5. The van der Waals surface area contributed by atoms with Gasteiger partial charge in [-0.25, -0.2) is 9.37 Å². The Morgan fingerprint density at radius 1 is 0.952 bits per heavy atom. The molecule has 1 aromatic heterocycles. The number of nitrogens with two attached hydrogens (primary N) is 1. The van der Waals surface area contributed by atoms with Gasteiger partial charge in [0.2, 0.25) is 0 Å². The standard InChI is InChI=1S/C16H15FN4/c17-14-7-3-11(4-8-14)9-15-19-16(21-20-15)13-5-1-12(10-18)2-6-13/h1-8H,9-10,18H2,(H,19,20,21). The second kappa shape index (κ2) is 5.85. The molecule has 0 bridgehead atoms. The van der Waals surface area contributed by atoms with Crippen molar-refractivity contribution in [3.63, 3.8) is 0 Å². The number of nitrogens with zero attached hydrogens (tertiary/aromatic N) is 2. The number of aromatic amines is 1. The van der Waals surface area contributed by atoms with E-state index in [1.165, 1.54) is 12.1 Å². The molecule has 0 saturated heterocycles. The molecule has 4 nitrogen and oxygen atoms in total. The highest BCUT2D eigenvalue weighted by atomic mass is 19.1. The average molecular weight is 282 g/mol. The van der Waals surface area contributed by atoms with Crippen LogP contribution in [0.5, 0.6) is 0 Å². The van der Waals surface area contributed by atoms with Crippen molar-refractivity contribution in [2.24, 2.45) is 5.73 Å². The lowest BCUT2D eigenvalue weighted by Crippen LogP contribution is -1.95. The molecule has 0 unspecified atom stereocenters. The predicted molar refractivity (Wildman–Crippen MR) is 78.9 cm³/mol. The summed E-state index contributed by atoms with van der Waals surface area (Å²) >= 11 is 0. The molecule has 5 heteroatoms. The van der Waals surface area contributed by atoms with Crippen LogP contribution in [0.2, 0.25) is 0 Å². The topological polar surface area (TPSA) is 67.6 Å². The molecule has 0 amide bonds. The first-order valence-corrected chi connectivity index (χ1v) is 6.70. The van der Waals surface area contributed by atoms with Gasteiger partial charge in [-0.1, -0.05) is 36.4 Å². The molecular formula is C16H15FN4. The second-order valence-corrected chi connectivity index (χ2v) is 4.81. The van der Waals surface area contributed by atoms with Crippen LogP contribution in [0.3, 0.4) is 0 Å². The summed E-state index contributed by atoms with van der Waals surface area (Å²) in [6.07, 6.45) is 0.591. The molecule has 0 fully saturated rings. The van der Waals surface area contributed by atoms with E-state index < -0.39 is 0 Å². The van der Waals surface area contributed by atoms with Crippen LogP contribution in [0.4, 0.5) is 4.39 Å². The lowest BCUT2D eigenvalue weighted by molar-refractivity contribution is 0.627. The van der Waals surface area contributed by atoms with E-state index >= 15 is 0 Å². The summed E-state index contributed by atoms with van der Waals surface area (Å²) in [6, 6.07) is 14.2. The first-order valence-electron chi connectivity index (χ1n) is 6.70. The number of nitrogens with one attached hydrogen (secondary N) is 1.